The maximum absolute atomic E-state index is 12.7. The summed E-state index contributed by atoms with van der Waals surface area (Å²) in [5.41, 5.74) is 7.09. The number of aromatic amines is 2. The molecule has 5 heteroatoms. The number of carbonyl (C=O) groups excluding carboxylic acids is 1. The second-order valence-electron chi connectivity index (χ2n) is 10.1. The molecule has 2 N–H and O–H groups in total. The minimum Gasteiger partial charge on any atom is -0.340 e. The molecular weight excluding hydrogens is 360 g/mol. The lowest BCUT2D eigenvalue weighted by atomic mass is 9.66. The number of nitrogens with zero attached hydrogens (tertiary/aromatic N) is 2. The van der Waals surface area contributed by atoms with Gasteiger partial charge in [-0.3, -0.25) is 9.89 Å². The van der Waals surface area contributed by atoms with Crippen LogP contribution >= 0.6 is 0 Å². The highest BCUT2D eigenvalue weighted by atomic mass is 16.1. The third-order valence-corrected chi connectivity index (χ3v) is 5.92. The Labute approximate surface area is 172 Å². The number of nitrogens with one attached hydrogen (secondary N) is 2. The van der Waals surface area contributed by atoms with Crippen LogP contribution in [0.15, 0.2) is 24.4 Å². The van der Waals surface area contributed by atoms with Crippen LogP contribution in [0.3, 0.4) is 0 Å². The highest BCUT2D eigenvalue weighted by Crippen LogP contribution is 2.47. The Kier molecular flexibility index (Phi) is 4.52. The van der Waals surface area contributed by atoms with Crippen molar-refractivity contribution in [3.05, 3.63) is 52.6 Å². The predicted octanol–water partition coefficient (Wildman–Crippen LogP) is 5.56. The van der Waals surface area contributed by atoms with Crippen molar-refractivity contribution in [1.29, 1.82) is 0 Å². The summed E-state index contributed by atoms with van der Waals surface area (Å²) in [6.45, 7) is 13.1. The number of H-pyrrole nitrogens is 2. The van der Waals surface area contributed by atoms with Gasteiger partial charge in [-0.25, -0.2) is 4.98 Å². The minimum atomic E-state index is 0.0160. The molecule has 0 saturated carbocycles. The van der Waals surface area contributed by atoms with Gasteiger partial charge in [-0.15, -0.1) is 0 Å². The van der Waals surface area contributed by atoms with Crippen LogP contribution in [0, 0.1) is 24.7 Å². The third-order valence-electron chi connectivity index (χ3n) is 5.92. The molecule has 0 fully saturated rings. The number of aryl methyl sites for hydroxylation is 1. The van der Waals surface area contributed by atoms with E-state index in [2.05, 4.69) is 66.1 Å². The van der Waals surface area contributed by atoms with Crippen LogP contribution in [-0.4, -0.2) is 25.9 Å². The maximum Gasteiger partial charge on any atom is 0.187 e. The Hall–Kier alpha value is -2.69. The summed E-state index contributed by atoms with van der Waals surface area (Å²) < 4.78 is 0. The summed E-state index contributed by atoms with van der Waals surface area (Å²) in [7, 11) is 0. The fourth-order valence-electron chi connectivity index (χ4n) is 4.91. The smallest absolute Gasteiger partial charge is 0.187 e. The van der Waals surface area contributed by atoms with Gasteiger partial charge in [0.15, 0.2) is 5.78 Å². The van der Waals surface area contributed by atoms with Crippen LogP contribution in [0.4, 0.5) is 0 Å². The fourth-order valence-corrected chi connectivity index (χ4v) is 4.91. The Morgan fingerprint density at radius 1 is 1.17 bits per heavy atom. The molecule has 3 heterocycles. The van der Waals surface area contributed by atoms with Crippen molar-refractivity contribution in [2.75, 3.05) is 0 Å². The number of aromatic nitrogens is 4. The molecule has 0 unspecified atom stereocenters. The van der Waals surface area contributed by atoms with E-state index in [1.807, 2.05) is 13.8 Å². The zero-order valence-corrected chi connectivity index (χ0v) is 18.2. The molecule has 152 valence electrons. The lowest BCUT2D eigenvalue weighted by molar-refractivity contribution is 0.0987. The Morgan fingerprint density at radius 2 is 1.93 bits per heavy atom. The topological polar surface area (TPSA) is 74.4 Å². The van der Waals surface area contributed by atoms with E-state index < -0.39 is 0 Å². The monoisotopic (exact) mass is 390 g/mol. The van der Waals surface area contributed by atoms with Gasteiger partial charge in [-0.2, -0.15) is 5.10 Å². The van der Waals surface area contributed by atoms with Gasteiger partial charge in [-0.05, 0) is 60.8 Å². The number of Topliss-reactive ketones (excluding diaryl/α,β-unsaturated/α-hetero) is 1. The fraction of sp³-hybridized carbons (Fsp3) is 0.458. The zero-order valence-electron chi connectivity index (χ0n) is 18.2. The largest absolute Gasteiger partial charge is 0.340 e. The van der Waals surface area contributed by atoms with E-state index in [-0.39, 0.29) is 16.6 Å². The molecule has 0 amide bonds. The summed E-state index contributed by atoms with van der Waals surface area (Å²) in [5, 5.41) is 8.09. The van der Waals surface area contributed by atoms with Gasteiger partial charge >= 0.3 is 0 Å². The molecule has 3 aromatic rings. The zero-order chi connectivity index (χ0) is 21.0. The van der Waals surface area contributed by atoms with Crippen LogP contribution in [-0.2, 0) is 6.42 Å². The molecule has 3 aromatic heterocycles. The van der Waals surface area contributed by atoms with Crippen LogP contribution in [0.5, 0.6) is 0 Å². The van der Waals surface area contributed by atoms with E-state index in [1.165, 1.54) is 12.0 Å². The Balaban J connectivity index is 1.62. The molecule has 0 aliphatic heterocycles. The van der Waals surface area contributed by atoms with Crippen molar-refractivity contribution in [2.24, 2.45) is 10.8 Å². The number of hydrogen-bond acceptors (Lipinski definition) is 3. The molecule has 5 nitrogen and oxygen atoms in total. The lowest BCUT2D eigenvalue weighted by Gasteiger charge is -2.39. The second-order valence-corrected chi connectivity index (χ2v) is 10.1. The van der Waals surface area contributed by atoms with Crippen LogP contribution in [0.2, 0.25) is 0 Å². The van der Waals surface area contributed by atoms with Gasteiger partial charge in [0.05, 0.1) is 0 Å². The minimum absolute atomic E-state index is 0.0160. The molecule has 29 heavy (non-hydrogen) atoms. The molecule has 0 bridgehead atoms. The quantitative estimate of drug-likeness (QED) is 0.573. The molecular formula is C24H30N4O. The first-order chi connectivity index (χ1) is 13.5. The molecule has 0 radical (unpaired) electrons. The van der Waals surface area contributed by atoms with Gasteiger partial charge in [0.1, 0.15) is 11.3 Å². The van der Waals surface area contributed by atoms with Gasteiger partial charge in [0.25, 0.3) is 0 Å². The number of rotatable bonds is 4. The number of pyridine rings is 1. The lowest BCUT2D eigenvalue weighted by Crippen LogP contribution is -2.26. The van der Waals surface area contributed by atoms with E-state index in [1.54, 1.807) is 6.20 Å². The molecule has 1 aliphatic rings. The highest BCUT2D eigenvalue weighted by Gasteiger charge is 2.34. The Bertz CT molecular complexity index is 1130. The average Bonchev–Trinajstić information content (AvgIpc) is 3.16. The van der Waals surface area contributed by atoms with Crippen LogP contribution < -0.4 is 0 Å². The van der Waals surface area contributed by atoms with Gasteiger partial charge < -0.3 is 4.98 Å². The number of allylic oxidation sites excluding steroid dienone is 2. The summed E-state index contributed by atoms with van der Waals surface area (Å²) in [6, 6.07) is 4.23. The molecule has 0 aromatic carbocycles. The number of carbonyl (C=O) groups is 1. The van der Waals surface area contributed by atoms with Crippen molar-refractivity contribution < 1.29 is 4.79 Å². The van der Waals surface area contributed by atoms with E-state index >= 15 is 0 Å². The van der Waals surface area contributed by atoms with Crippen LogP contribution in [0.25, 0.3) is 16.6 Å². The average molecular weight is 391 g/mol. The first-order valence-electron chi connectivity index (χ1n) is 10.3. The molecule has 0 spiro atoms. The van der Waals surface area contributed by atoms with Crippen LogP contribution in [0.1, 0.15) is 73.5 Å². The number of fused-ring (bicyclic) bond motifs is 1. The van der Waals surface area contributed by atoms with Gasteiger partial charge in [-0.1, -0.05) is 33.8 Å². The van der Waals surface area contributed by atoms with E-state index in [0.29, 0.717) is 12.1 Å². The van der Waals surface area contributed by atoms with Crippen molar-refractivity contribution in [3.63, 3.8) is 0 Å². The van der Waals surface area contributed by atoms with Gasteiger partial charge in [0, 0.05) is 35.0 Å². The van der Waals surface area contributed by atoms with Crippen molar-refractivity contribution in [3.8, 4) is 0 Å². The first kappa shape index (κ1) is 19.6. The summed E-state index contributed by atoms with van der Waals surface area (Å²) in [5.74, 6) is 0.0160. The van der Waals surface area contributed by atoms with E-state index in [0.717, 1.165) is 40.0 Å². The SMILES string of the molecule is Cc1[nH]nc(C(=O)Cc2cnc3[nH]c(C4=CC(C)(C)CC(C)(C)C4)cc3c2)c1C. The molecule has 4 rings (SSSR count). The van der Waals surface area contributed by atoms with Gasteiger partial charge in [0.2, 0.25) is 0 Å². The first-order valence-corrected chi connectivity index (χ1v) is 10.3. The Morgan fingerprint density at radius 3 is 2.59 bits per heavy atom. The van der Waals surface area contributed by atoms with E-state index in [9.17, 15) is 4.79 Å². The second kappa shape index (κ2) is 6.68. The number of hydrogen-bond donors (Lipinski definition) is 2. The predicted molar refractivity (Wildman–Crippen MR) is 117 cm³/mol. The van der Waals surface area contributed by atoms with Crippen molar-refractivity contribution >= 4 is 22.4 Å². The molecule has 0 atom stereocenters. The van der Waals surface area contributed by atoms with E-state index in [4.69, 9.17) is 0 Å². The third kappa shape index (κ3) is 3.91. The highest BCUT2D eigenvalue weighted by molar-refractivity contribution is 5.97. The molecule has 0 saturated heterocycles. The normalized spacial score (nSPS) is 18.1. The standard InChI is InChI=1S/C24H30N4O/c1-14-15(2)27-28-21(14)20(29)8-16-7-17-9-19(26-22(17)25-12-16)18-10-23(3,4)13-24(5,6)11-18/h7,9-10,12H,8,11,13H2,1-6H3,(H,25,26)(H,27,28). The number of ketones is 1. The summed E-state index contributed by atoms with van der Waals surface area (Å²) in [6.07, 6.45) is 6.72. The summed E-state index contributed by atoms with van der Waals surface area (Å²) >= 11 is 0. The summed E-state index contributed by atoms with van der Waals surface area (Å²) in [4.78, 5) is 20.7. The molecule has 1 aliphatic carbocycles. The van der Waals surface area contributed by atoms with Crippen molar-refractivity contribution in [1.82, 2.24) is 20.2 Å². The maximum atomic E-state index is 12.7. The van der Waals surface area contributed by atoms with Crippen molar-refractivity contribution in [2.45, 2.75) is 60.8 Å².